The molecule has 29 heavy (non-hydrogen) atoms. The van der Waals surface area contributed by atoms with Gasteiger partial charge in [0.1, 0.15) is 5.82 Å². The number of rotatable bonds is 2. The van der Waals surface area contributed by atoms with Crippen LogP contribution in [0.15, 0.2) is 30.5 Å². The number of aromatic nitrogens is 2. The first kappa shape index (κ1) is 22.5. The number of carboxylic acid groups (broad SMARTS) is 1. The molecule has 1 aliphatic heterocycles. The molecule has 0 amide bonds. The minimum Gasteiger partial charge on any atom is -0.475 e. The van der Waals surface area contributed by atoms with E-state index in [1.54, 1.807) is 6.20 Å². The van der Waals surface area contributed by atoms with Crippen LogP contribution in [0.1, 0.15) is 5.56 Å². The predicted molar refractivity (Wildman–Crippen MR) is 92.2 cm³/mol. The summed E-state index contributed by atoms with van der Waals surface area (Å²) in [7, 11) is 1.95. The zero-order valence-electron chi connectivity index (χ0n) is 15.1. The molecule has 0 fully saturated rings. The maximum Gasteiger partial charge on any atom is 0.490 e. The van der Waals surface area contributed by atoms with Gasteiger partial charge in [0, 0.05) is 31.6 Å². The summed E-state index contributed by atoms with van der Waals surface area (Å²) in [5.74, 6) is -1.50. The average molecular weight is 424 g/mol. The van der Waals surface area contributed by atoms with Gasteiger partial charge in [-0.15, -0.1) is 0 Å². The van der Waals surface area contributed by atoms with Crippen molar-refractivity contribution in [3.05, 3.63) is 36.0 Å². The number of nitrogens with zero attached hydrogens (tertiary/aromatic N) is 3. The molecule has 6 nitrogen and oxygen atoms in total. The van der Waals surface area contributed by atoms with E-state index in [9.17, 15) is 26.3 Å². The highest BCUT2D eigenvalue weighted by atomic mass is 19.4. The van der Waals surface area contributed by atoms with E-state index < -0.39 is 23.9 Å². The molecule has 2 heterocycles. The summed E-state index contributed by atoms with van der Waals surface area (Å²) in [5, 5.41) is 11.5. The lowest BCUT2D eigenvalue weighted by Gasteiger charge is -2.32. The van der Waals surface area contributed by atoms with Crippen LogP contribution < -0.4 is 10.6 Å². The molecule has 0 saturated carbocycles. The second-order valence-electron chi connectivity index (χ2n) is 6.42. The lowest BCUT2D eigenvalue weighted by Crippen LogP contribution is -2.39. The van der Waals surface area contributed by atoms with E-state index >= 15 is 0 Å². The first-order chi connectivity index (χ1) is 13.3. The molecule has 1 aromatic carbocycles. The zero-order chi connectivity index (χ0) is 22.0. The molecule has 1 aliphatic rings. The third kappa shape index (κ3) is 5.40. The largest absolute Gasteiger partial charge is 0.490 e. The number of benzene rings is 1. The number of carboxylic acids is 1. The van der Waals surface area contributed by atoms with E-state index in [0.29, 0.717) is 12.5 Å². The van der Waals surface area contributed by atoms with Crippen molar-refractivity contribution >= 4 is 11.8 Å². The van der Waals surface area contributed by atoms with Crippen LogP contribution in [0.25, 0.3) is 11.1 Å². The fourth-order valence-electron chi connectivity index (χ4n) is 2.88. The van der Waals surface area contributed by atoms with Crippen molar-refractivity contribution in [2.75, 3.05) is 25.0 Å². The first-order valence-electron chi connectivity index (χ1n) is 8.29. The fourth-order valence-corrected chi connectivity index (χ4v) is 2.88. The molecule has 0 saturated heterocycles. The van der Waals surface area contributed by atoms with Gasteiger partial charge in [-0.05, 0) is 24.2 Å². The first-order valence-corrected chi connectivity index (χ1v) is 8.29. The molecular weight excluding hydrogens is 406 g/mol. The summed E-state index contributed by atoms with van der Waals surface area (Å²) in [6, 6.07) is 5.18. The minimum atomic E-state index is -5.08. The molecule has 0 bridgehead atoms. The monoisotopic (exact) mass is 424 g/mol. The Bertz CT molecular complexity index is 845. The lowest BCUT2D eigenvalue weighted by molar-refractivity contribution is -0.192. The van der Waals surface area contributed by atoms with Crippen molar-refractivity contribution in [3.8, 4) is 11.1 Å². The second-order valence-corrected chi connectivity index (χ2v) is 6.42. The predicted octanol–water partition coefficient (Wildman–Crippen LogP) is 3.23. The van der Waals surface area contributed by atoms with Crippen LogP contribution in [0.5, 0.6) is 0 Å². The van der Waals surface area contributed by atoms with Gasteiger partial charge in [0.05, 0.1) is 11.8 Å². The summed E-state index contributed by atoms with van der Waals surface area (Å²) in [6.45, 7) is 2.13. The Kier molecular flexibility index (Phi) is 6.46. The van der Waals surface area contributed by atoms with Crippen LogP contribution in [0, 0.1) is 5.92 Å². The van der Waals surface area contributed by atoms with Gasteiger partial charge in [-0.1, -0.05) is 12.1 Å². The Morgan fingerprint density at radius 1 is 1.17 bits per heavy atom. The number of aliphatic carboxylic acids is 1. The van der Waals surface area contributed by atoms with Crippen molar-refractivity contribution in [2.24, 2.45) is 11.7 Å². The number of fused-ring (bicyclic) bond motifs is 1. The highest BCUT2D eigenvalue weighted by Gasteiger charge is 2.38. The van der Waals surface area contributed by atoms with Crippen LogP contribution in [-0.2, 0) is 17.5 Å². The molecular formula is C17H18F6N4O2. The summed E-state index contributed by atoms with van der Waals surface area (Å²) < 4.78 is 71.5. The van der Waals surface area contributed by atoms with Crippen molar-refractivity contribution in [1.29, 1.82) is 0 Å². The third-order valence-electron chi connectivity index (χ3n) is 4.24. The summed E-state index contributed by atoms with van der Waals surface area (Å²) in [5.41, 5.74) is 6.65. The summed E-state index contributed by atoms with van der Waals surface area (Å²) in [4.78, 5) is 11.0. The number of anilines is 1. The number of halogens is 6. The lowest BCUT2D eigenvalue weighted by atomic mass is 10.0. The molecule has 3 N–H and O–H groups in total. The average Bonchev–Trinajstić information content (AvgIpc) is 3.05. The minimum absolute atomic E-state index is 0.331. The van der Waals surface area contributed by atoms with E-state index in [2.05, 4.69) is 10.00 Å². The molecule has 1 unspecified atom stereocenters. The number of alkyl halides is 6. The van der Waals surface area contributed by atoms with E-state index in [0.717, 1.165) is 42.2 Å². The summed E-state index contributed by atoms with van der Waals surface area (Å²) in [6.07, 6.45) is -7.70. The number of nitrogens with two attached hydrogens (primary N) is 1. The van der Waals surface area contributed by atoms with Gasteiger partial charge in [0.25, 0.3) is 0 Å². The van der Waals surface area contributed by atoms with Crippen LogP contribution in [0.3, 0.4) is 0 Å². The maximum atomic E-state index is 12.6. The van der Waals surface area contributed by atoms with Gasteiger partial charge in [0.15, 0.2) is 0 Å². The van der Waals surface area contributed by atoms with Gasteiger partial charge < -0.3 is 15.7 Å². The van der Waals surface area contributed by atoms with E-state index in [-0.39, 0.29) is 0 Å². The van der Waals surface area contributed by atoms with Gasteiger partial charge in [-0.3, -0.25) is 0 Å². The number of hydrogen-bond donors (Lipinski definition) is 2. The van der Waals surface area contributed by atoms with Crippen molar-refractivity contribution in [3.63, 3.8) is 0 Å². The van der Waals surface area contributed by atoms with Crippen LogP contribution in [0.2, 0.25) is 0 Å². The Hall–Kier alpha value is -2.76. The quantitative estimate of drug-likeness (QED) is 0.724. The fraction of sp³-hybridized carbons (Fsp3) is 0.412. The molecule has 160 valence electrons. The van der Waals surface area contributed by atoms with Gasteiger partial charge in [-0.2, -0.15) is 31.4 Å². The molecule has 2 aromatic rings. The van der Waals surface area contributed by atoms with E-state index in [4.69, 9.17) is 15.6 Å². The normalized spacial score (nSPS) is 16.7. The van der Waals surface area contributed by atoms with Gasteiger partial charge in [0.2, 0.25) is 0 Å². The second kappa shape index (κ2) is 8.31. The molecule has 12 heteroatoms. The van der Waals surface area contributed by atoms with Crippen molar-refractivity contribution < 1.29 is 36.2 Å². The van der Waals surface area contributed by atoms with E-state index in [1.807, 2.05) is 11.7 Å². The smallest absolute Gasteiger partial charge is 0.475 e. The maximum absolute atomic E-state index is 12.6. The molecule has 1 atom stereocenters. The van der Waals surface area contributed by atoms with Gasteiger partial charge >= 0.3 is 18.3 Å². The number of hydrogen-bond acceptors (Lipinski definition) is 4. The highest BCUT2D eigenvalue weighted by Crippen LogP contribution is 2.35. The Labute approximate surface area is 161 Å². The highest BCUT2D eigenvalue weighted by molar-refractivity contribution is 5.76. The third-order valence-corrected chi connectivity index (χ3v) is 4.24. The van der Waals surface area contributed by atoms with Crippen LogP contribution >= 0.6 is 0 Å². The summed E-state index contributed by atoms with van der Waals surface area (Å²) >= 11 is 0. The number of carbonyl (C=O) groups is 1. The molecule has 0 radical (unpaired) electrons. The van der Waals surface area contributed by atoms with Crippen molar-refractivity contribution in [2.45, 2.75) is 18.9 Å². The van der Waals surface area contributed by atoms with E-state index in [1.165, 1.54) is 12.1 Å². The Morgan fingerprint density at radius 3 is 2.17 bits per heavy atom. The standard InChI is InChI=1S/C15H17F3N4.C2HF3O2/c1-21-8-10(6-19)9-22-14(21)13(7-20-22)11-2-4-12(5-3-11)15(16,17)18;3-2(4,5)1(6)7/h2-5,7,10H,6,8-9,19H2,1H3;(H,6,7). The van der Waals surface area contributed by atoms with Gasteiger partial charge in [-0.25, -0.2) is 9.48 Å². The van der Waals surface area contributed by atoms with Crippen molar-refractivity contribution in [1.82, 2.24) is 9.78 Å². The SMILES string of the molecule is CN1CC(CN)Cn2ncc(-c3ccc(C(F)(F)F)cc3)c21.O=C(O)C(F)(F)F. The van der Waals surface area contributed by atoms with Crippen LogP contribution in [0.4, 0.5) is 32.2 Å². The zero-order valence-corrected chi connectivity index (χ0v) is 15.1. The Morgan fingerprint density at radius 2 is 1.72 bits per heavy atom. The Balaban J connectivity index is 0.000000370. The van der Waals surface area contributed by atoms with Crippen LogP contribution in [-0.4, -0.2) is 47.2 Å². The molecule has 0 aliphatic carbocycles. The molecule has 3 rings (SSSR count). The molecule has 0 spiro atoms. The molecule has 1 aromatic heterocycles. The topological polar surface area (TPSA) is 84.4 Å².